The minimum Gasteiger partial charge on any atom is -0.475 e. The molecule has 6 heteroatoms. The summed E-state index contributed by atoms with van der Waals surface area (Å²) in [6.45, 7) is 1.86. The summed E-state index contributed by atoms with van der Waals surface area (Å²) in [6.07, 6.45) is 4.19. The number of fused-ring (bicyclic) bond motifs is 1. The monoisotopic (exact) mass is 310 g/mol. The molecule has 0 amide bonds. The number of ether oxygens (including phenoxy) is 1. The summed E-state index contributed by atoms with van der Waals surface area (Å²) in [6, 6.07) is 4.28. The van der Waals surface area contributed by atoms with Crippen LogP contribution >= 0.6 is 15.9 Å². The van der Waals surface area contributed by atoms with Crippen LogP contribution in [0.2, 0.25) is 0 Å². The first-order valence-corrected chi connectivity index (χ1v) is 6.86. The third-order valence-corrected chi connectivity index (χ3v) is 3.93. The van der Waals surface area contributed by atoms with Crippen molar-refractivity contribution in [3.05, 3.63) is 22.9 Å². The Morgan fingerprint density at radius 2 is 2.39 bits per heavy atom. The maximum Gasteiger partial charge on any atom is 0.231 e. The van der Waals surface area contributed by atoms with Crippen LogP contribution in [0.4, 0.5) is 0 Å². The molecule has 0 bridgehead atoms. The second-order valence-electron chi connectivity index (χ2n) is 4.61. The molecule has 0 aliphatic carbocycles. The van der Waals surface area contributed by atoms with Crippen molar-refractivity contribution in [1.29, 1.82) is 0 Å². The predicted octanol–water partition coefficient (Wildman–Crippen LogP) is 1.96. The van der Waals surface area contributed by atoms with Crippen molar-refractivity contribution in [3.8, 4) is 5.88 Å². The van der Waals surface area contributed by atoms with Crippen LogP contribution in [0.1, 0.15) is 12.8 Å². The number of aromatic nitrogens is 3. The lowest BCUT2D eigenvalue weighted by molar-refractivity contribution is 0.191. The highest BCUT2D eigenvalue weighted by Gasteiger charge is 2.21. The van der Waals surface area contributed by atoms with Gasteiger partial charge in [-0.25, -0.2) is 9.50 Å². The second kappa shape index (κ2) is 4.85. The van der Waals surface area contributed by atoms with Gasteiger partial charge >= 0.3 is 0 Å². The Morgan fingerprint density at radius 1 is 1.50 bits per heavy atom. The van der Waals surface area contributed by atoms with E-state index in [0.717, 1.165) is 16.8 Å². The van der Waals surface area contributed by atoms with Gasteiger partial charge in [-0.2, -0.15) is 0 Å². The highest BCUT2D eigenvalue weighted by molar-refractivity contribution is 9.10. The SMILES string of the molecule is CN1CCCC1COc1ccc2ncc(Br)n2n1. The minimum absolute atomic E-state index is 0.508. The predicted molar refractivity (Wildman–Crippen MR) is 71.8 cm³/mol. The van der Waals surface area contributed by atoms with E-state index in [2.05, 4.69) is 38.0 Å². The Labute approximate surface area is 114 Å². The maximum absolute atomic E-state index is 5.77. The van der Waals surface area contributed by atoms with E-state index in [1.165, 1.54) is 12.8 Å². The van der Waals surface area contributed by atoms with E-state index in [1.807, 2.05) is 12.1 Å². The van der Waals surface area contributed by atoms with E-state index in [4.69, 9.17) is 4.74 Å². The molecule has 0 spiro atoms. The maximum atomic E-state index is 5.77. The molecule has 3 heterocycles. The fourth-order valence-corrected chi connectivity index (χ4v) is 2.64. The topological polar surface area (TPSA) is 42.7 Å². The van der Waals surface area contributed by atoms with E-state index in [0.29, 0.717) is 18.5 Å². The van der Waals surface area contributed by atoms with Gasteiger partial charge < -0.3 is 9.64 Å². The third-order valence-electron chi connectivity index (χ3n) is 3.39. The van der Waals surface area contributed by atoms with Gasteiger partial charge in [0.1, 0.15) is 11.2 Å². The van der Waals surface area contributed by atoms with Crippen molar-refractivity contribution in [2.45, 2.75) is 18.9 Å². The van der Waals surface area contributed by atoms with Gasteiger partial charge in [-0.1, -0.05) is 0 Å². The van der Waals surface area contributed by atoms with Crippen molar-refractivity contribution < 1.29 is 4.74 Å². The molecule has 1 aliphatic rings. The summed E-state index contributed by atoms with van der Waals surface area (Å²) in [5.74, 6) is 0.640. The fourth-order valence-electron chi connectivity index (χ4n) is 2.28. The molecule has 2 aromatic rings. The van der Waals surface area contributed by atoms with Crippen molar-refractivity contribution in [3.63, 3.8) is 0 Å². The van der Waals surface area contributed by atoms with E-state index < -0.39 is 0 Å². The standard InChI is InChI=1S/C12H15BrN4O/c1-16-6-2-3-9(16)8-18-12-5-4-11-14-7-10(13)17(11)15-12/h4-5,7,9H,2-3,6,8H2,1H3. The Bertz CT molecular complexity index is 556. The number of rotatable bonds is 3. The van der Waals surface area contributed by atoms with Gasteiger partial charge in [0.25, 0.3) is 0 Å². The first-order valence-electron chi connectivity index (χ1n) is 6.07. The fraction of sp³-hybridized carbons (Fsp3) is 0.500. The summed E-state index contributed by atoms with van der Waals surface area (Å²) in [5, 5.41) is 4.39. The van der Waals surface area contributed by atoms with E-state index in [9.17, 15) is 0 Å². The van der Waals surface area contributed by atoms with Crippen molar-refractivity contribution in [2.75, 3.05) is 20.2 Å². The van der Waals surface area contributed by atoms with Crippen molar-refractivity contribution in [2.24, 2.45) is 0 Å². The van der Waals surface area contributed by atoms with Crippen LogP contribution in [-0.2, 0) is 0 Å². The Morgan fingerprint density at radius 3 is 3.17 bits per heavy atom. The van der Waals surface area contributed by atoms with Crippen LogP contribution in [-0.4, -0.2) is 45.7 Å². The molecule has 2 aromatic heterocycles. The van der Waals surface area contributed by atoms with Crippen LogP contribution in [0.15, 0.2) is 22.9 Å². The normalized spacial score (nSPS) is 20.7. The first kappa shape index (κ1) is 11.9. The van der Waals surface area contributed by atoms with Crippen molar-refractivity contribution in [1.82, 2.24) is 19.5 Å². The molecule has 0 radical (unpaired) electrons. The molecule has 3 rings (SSSR count). The first-order chi connectivity index (χ1) is 8.74. The molecule has 96 valence electrons. The molecule has 5 nitrogen and oxygen atoms in total. The lowest BCUT2D eigenvalue weighted by Gasteiger charge is -2.19. The summed E-state index contributed by atoms with van der Waals surface area (Å²) >= 11 is 3.40. The summed E-state index contributed by atoms with van der Waals surface area (Å²) < 4.78 is 8.33. The molecule has 1 saturated heterocycles. The second-order valence-corrected chi connectivity index (χ2v) is 5.42. The van der Waals surface area contributed by atoms with Crippen LogP contribution in [0.5, 0.6) is 5.88 Å². The van der Waals surface area contributed by atoms with Crippen LogP contribution in [0, 0.1) is 0 Å². The molecule has 18 heavy (non-hydrogen) atoms. The molecular weight excluding hydrogens is 296 g/mol. The average Bonchev–Trinajstić information content (AvgIpc) is 2.94. The number of hydrogen-bond acceptors (Lipinski definition) is 4. The van der Waals surface area contributed by atoms with Gasteiger partial charge in [0.2, 0.25) is 5.88 Å². The zero-order valence-electron chi connectivity index (χ0n) is 10.2. The van der Waals surface area contributed by atoms with Crippen LogP contribution in [0.25, 0.3) is 5.65 Å². The Hall–Kier alpha value is -1.14. The quantitative estimate of drug-likeness (QED) is 0.869. The van der Waals surface area contributed by atoms with E-state index in [-0.39, 0.29) is 0 Å². The van der Waals surface area contributed by atoms with Gasteiger partial charge in [-0.15, -0.1) is 5.10 Å². The van der Waals surface area contributed by atoms with Gasteiger partial charge in [-0.3, -0.25) is 0 Å². The van der Waals surface area contributed by atoms with Gasteiger partial charge in [0, 0.05) is 12.1 Å². The number of hydrogen-bond donors (Lipinski definition) is 0. The molecule has 1 unspecified atom stereocenters. The number of likely N-dealkylation sites (N-methyl/N-ethyl adjacent to an activating group) is 1. The number of nitrogens with zero attached hydrogens (tertiary/aromatic N) is 4. The molecule has 0 saturated carbocycles. The third kappa shape index (κ3) is 2.22. The summed E-state index contributed by atoms with van der Waals surface area (Å²) in [5.41, 5.74) is 0.812. The molecule has 1 aliphatic heterocycles. The number of halogens is 1. The average molecular weight is 311 g/mol. The minimum atomic E-state index is 0.508. The lowest BCUT2D eigenvalue weighted by atomic mass is 10.2. The zero-order chi connectivity index (χ0) is 12.5. The largest absolute Gasteiger partial charge is 0.475 e. The number of imidazole rings is 1. The van der Waals surface area contributed by atoms with Gasteiger partial charge in [0.15, 0.2) is 5.65 Å². The number of likely N-dealkylation sites (tertiary alicyclic amines) is 1. The molecule has 1 atom stereocenters. The zero-order valence-corrected chi connectivity index (χ0v) is 11.8. The molecular formula is C12H15BrN4O. The van der Waals surface area contributed by atoms with Gasteiger partial charge in [-0.05, 0) is 48.4 Å². The van der Waals surface area contributed by atoms with E-state index >= 15 is 0 Å². The van der Waals surface area contributed by atoms with Gasteiger partial charge in [0.05, 0.1) is 6.20 Å². The highest BCUT2D eigenvalue weighted by Crippen LogP contribution is 2.18. The van der Waals surface area contributed by atoms with Crippen LogP contribution in [0.3, 0.4) is 0 Å². The Kier molecular flexibility index (Phi) is 3.22. The Balaban J connectivity index is 1.72. The summed E-state index contributed by atoms with van der Waals surface area (Å²) in [7, 11) is 2.14. The highest BCUT2D eigenvalue weighted by atomic mass is 79.9. The van der Waals surface area contributed by atoms with Crippen molar-refractivity contribution >= 4 is 21.6 Å². The smallest absolute Gasteiger partial charge is 0.231 e. The lowest BCUT2D eigenvalue weighted by Crippen LogP contribution is -2.30. The molecule has 1 fully saturated rings. The molecule has 0 N–H and O–H groups in total. The summed E-state index contributed by atoms with van der Waals surface area (Å²) in [4.78, 5) is 6.54. The van der Waals surface area contributed by atoms with Crippen LogP contribution < -0.4 is 4.74 Å². The van der Waals surface area contributed by atoms with E-state index in [1.54, 1.807) is 10.7 Å². The molecule has 0 aromatic carbocycles.